The maximum absolute atomic E-state index is 12.6. The Bertz CT molecular complexity index is 1060. The van der Waals surface area contributed by atoms with Crippen LogP contribution in [0.15, 0.2) is 53.6 Å². The summed E-state index contributed by atoms with van der Waals surface area (Å²) in [6.45, 7) is 4.13. The number of nitrogens with zero attached hydrogens (tertiary/aromatic N) is 2. The maximum Gasteiger partial charge on any atom is 0.263 e. The van der Waals surface area contributed by atoms with E-state index < -0.39 is 10.0 Å². The highest BCUT2D eigenvalue weighted by atomic mass is 35.5. The summed E-state index contributed by atoms with van der Waals surface area (Å²) in [5, 5.41) is 5.21. The van der Waals surface area contributed by atoms with E-state index in [1.54, 1.807) is 48.1 Å². The molecule has 0 bridgehead atoms. The first-order chi connectivity index (χ1) is 12.2. The first-order valence-electron chi connectivity index (χ1n) is 7.82. The topological polar surface area (TPSA) is 64.0 Å². The van der Waals surface area contributed by atoms with Crippen molar-refractivity contribution in [1.29, 1.82) is 0 Å². The van der Waals surface area contributed by atoms with E-state index in [2.05, 4.69) is 9.82 Å². The number of rotatable bonds is 5. The maximum atomic E-state index is 12.6. The molecule has 0 amide bonds. The minimum absolute atomic E-state index is 0.238. The SMILES string of the molecule is Cc1ccc(S(=O)(=O)Nc2ccn(Cc3ccc(Cl)c(Cl)c3)n2)c(C)c1. The number of aryl methyl sites for hydroxylation is 2. The van der Waals surface area contributed by atoms with Gasteiger partial charge in [0, 0.05) is 12.3 Å². The Morgan fingerprint density at radius 2 is 1.81 bits per heavy atom. The lowest BCUT2D eigenvalue weighted by molar-refractivity contribution is 0.600. The van der Waals surface area contributed by atoms with Crippen LogP contribution in [0.5, 0.6) is 0 Å². The molecule has 1 heterocycles. The normalized spacial score (nSPS) is 11.5. The van der Waals surface area contributed by atoms with Crippen molar-refractivity contribution in [1.82, 2.24) is 9.78 Å². The highest BCUT2D eigenvalue weighted by Gasteiger charge is 2.18. The number of halogens is 2. The van der Waals surface area contributed by atoms with Crippen molar-refractivity contribution in [2.45, 2.75) is 25.3 Å². The molecule has 0 saturated heterocycles. The lowest BCUT2D eigenvalue weighted by atomic mass is 10.2. The largest absolute Gasteiger partial charge is 0.266 e. The predicted molar refractivity (Wildman–Crippen MR) is 105 cm³/mol. The van der Waals surface area contributed by atoms with Gasteiger partial charge in [-0.25, -0.2) is 8.42 Å². The molecule has 0 unspecified atom stereocenters. The van der Waals surface area contributed by atoms with Gasteiger partial charge < -0.3 is 0 Å². The van der Waals surface area contributed by atoms with Gasteiger partial charge in [0.15, 0.2) is 5.82 Å². The first kappa shape index (κ1) is 18.8. The Hall–Kier alpha value is -2.02. The first-order valence-corrected chi connectivity index (χ1v) is 10.1. The molecule has 2 aromatic carbocycles. The summed E-state index contributed by atoms with van der Waals surface area (Å²) in [6, 6.07) is 12.1. The summed E-state index contributed by atoms with van der Waals surface area (Å²) in [4.78, 5) is 0.238. The van der Waals surface area contributed by atoms with E-state index >= 15 is 0 Å². The van der Waals surface area contributed by atoms with Crippen LogP contribution in [0.4, 0.5) is 5.82 Å². The lowest BCUT2D eigenvalue weighted by Gasteiger charge is -2.09. The van der Waals surface area contributed by atoms with Gasteiger partial charge in [0.25, 0.3) is 10.0 Å². The van der Waals surface area contributed by atoms with E-state index in [0.717, 1.165) is 11.1 Å². The number of anilines is 1. The van der Waals surface area contributed by atoms with E-state index in [1.165, 1.54) is 0 Å². The quantitative estimate of drug-likeness (QED) is 0.666. The number of nitrogens with one attached hydrogen (secondary N) is 1. The zero-order valence-electron chi connectivity index (χ0n) is 14.2. The third-order valence-electron chi connectivity index (χ3n) is 3.83. The molecule has 0 radical (unpaired) electrons. The van der Waals surface area contributed by atoms with Crippen LogP contribution in [0.25, 0.3) is 0 Å². The van der Waals surface area contributed by atoms with Crippen molar-refractivity contribution in [2.24, 2.45) is 0 Å². The Morgan fingerprint density at radius 1 is 1.04 bits per heavy atom. The van der Waals surface area contributed by atoms with Crippen molar-refractivity contribution >= 4 is 39.0 Å². The minimum Gasteiger partial charge on any atom is -0.266 e. The standard InChI is InChI=1S/C18H17Cl2N3O2S/c1-12-3-6-17(13(2)9-12)26(24,25)22-18-7-8-23(21-18)11-14-4-5-15(19)16(20)10-14/h3-10H,11H2,1-2H3,(H,21,22). The Morgan fingerprint density at radius 3 is 2.50 bits per heavy atom. The summed E-state index contributed by atoms with van der Waals surface area (Å²) < 4.78 is 29.3. The van der Waals surface area contributed by atoms with Gasteiger partial charge in [-0.05, 0) is 43.2 Å². The van der Waals surface area contributed by atoms with E-state index in [0.29, 0.717) is 22.2 Å². The van der Waals surface area contributed by atoms with E-state index in [1.807, 2.05) is 19.1 Å². The summed E-state index contributed by atoms with van der Waals surface area (Å²) in [6.07, 6.45) is 1.70. The van der Waals surface area contributed by atoms with Crippen LogP contribution in [0.2, 0.25) is 10.0 Å². The zero-order valence-corrected chi connectivity index (χ0v) is 16.5. The van der Waals surface area contributed by atoms with Crippen molar-refractivity contribution in [2.75, 3.05) is 4.72 Å². The van der Waals surface area contributed by atoms with Crippen molar-refractivity contribution in [3.8, 4) is 0 Å². The average Bonchev–Trinajstić information content (AvgIpc) is 2.96. The Balaban J connectivity index is 1.78. The minimum atomic E-state index is -3.70. The average molecular weight is 410 g/mol. The summed E-state index contributed by atoms with van der Waals surface area (Å²) >= 11 is 11.9. The van der Waals surface area contributed by atoms with Crippen LogP contribution in [-0.2, 0) is 16.6 Å². The molecule has 0 saturated carbocycles. The molecule has 5 nitrogen and oxygen atoms in total. The molecule has 0 fully saturated rings. The highest BCUT2D eigenvalue weighted by molar-refractivity contribution is 7.92. The summed E-state index contributed by atoms with van der Waals surface area (Å²) in [5.41, 5.74) is 2.60. The number of benzene rings is 2. The molecule has 136 valence electrons. The van der Waals surface area contributed by atoms with Crippen LogP contribution in [-0.4, -0.2) is 18.2 Å². The Labute approximate surface area is 162 Å². The molecule has 0 spiro atoms. The molecule has 3 aromatic rings. The second-order valence-corrected chi connectivity index (χ2v) is 8.49. The van der Waals surface area contributed by atoms with E-state index in [9.17, 15) is 8.42 Å². The predicted octanol–water partition coefficient (Wildman–Crippen LogP) is 4.66. The van der Waals surface area contributed by atoms with Gasteiger partial charge in [-0.1, -0.05) is 47.0 Å². The van der Waals surface area contributed by atoms with Gasteiger partial charge >= 0.3 is 0 Å². The van der Waals surface area contributed by atoms with Crippen molar-refractivity contribution in [3.63, 3.8) is 0 Å². The molecule has 8 heteroatoms. The molecule has 0 aliphatic carbocycles. The summed E-state index contributed by atoms with van der Waals surface area (Å²) in [7, 11) is -3.70. The molecule has 3 rings (SSSR count). The highest BCUT2D eigenvalue weighted by Crippen LogP contribution is 2.23. The van der Waals surface area contributed by atoms with Crippen LogP contribution in [0.1, 0.15) is 16.7 Å². The molecular formula is C18H17Cl2N3O2S. The van der Waals surface area contributed by atoms with E-state index in [4.69, 9.17) is 23.2 Å². The molecule has 1 N–H and O–H groups in total. The zero-order chi connectivity index (χ0) is 18.9. The molecule has 0 aliphatic heterocycles. The fourth-order valence-corrected chi connectivity index (χ4v) is 4.17. The third-order valence-corrected chi connectivity index (χ3v) is 6.08. The number of sulfonamides is 1. The van der Waals surface area contributed by atoms with Gasteiger partial charge in [0.05, 0.1) is 21.5 Å². The van der Waals surface area contributed by atoms with E-state index in [-0.39, 0.29) is 10.7 Å². The molecule has 1 aromatic heterocycles. The van der Waals surface area contributed by atoms with Gasteiger partial charge in [-0.15, -0.1) is 0 Å². The second kappa shape index (κ2) is 7.31. The molecule has 26 heavy (non-hydrogen) atoms. The van der Waals surface area contributed by atoms with Crippen LogP contribution in [0, 0.1) is 13.8 Å². The number of hydrogen-bond donors (Lipinski definition) is 1. The fraction of sp³-hybridized carbons (Fsp3) is 0.167. The number of aromatic nitrogens is 2. The Kier molecular flexibility index (Phi) is 5.27. The second-order valence-electron chi connectivity index (χ2n) is 6.02. The summed E-state index contributed by atoms with van der Waals surface area (Å²) in [5.74, 6) is 0.255. The van der Waals surface area contributed by atoms with Gasteiger partial charge in [-0.2, -0.15) is 5.10 Å². The molecule has 0 atom stereocenters. The molecular weight excluding hydrogens is 393 g/mol. The van der Waals surface area contributed by atoms with Gasteiger partial charge in [-0.3, -0.25) is 9.40 Å². The number of hydrogen-bond acceptors (Lipinski definition) is 3. The monoisotopic (exact) mass is 409 g/mol. The lowest BCUT2D eigenvalue weighted by Crippen LogP contribution is -2.15. The molecule has 0 aliphatic rings. The third kappa shape index (κ3) is 4.20. The van der Waals surface area contributed by atoms with Gasteiger partial charge in [0.2, 0.25) is 0 Å². The van der Waals surface area contributed by atoms with Crippen LogP contribution >= 0.6 is 23.2 Å². The van der Waals surface area contributed by atoms with Crippen molar-refractivity contribution in [3.05, 3.63) is 75.4 Å². The fourth-order valence-electron chi connectivity index (χ4n) is 2.62. The van der Waals surface area contributed by atoms with Crippen LogP contribution in [0.3, 0.4) is 0 Å². The van der Waals surface area contributed by atoms with Crippen LogP contribution < -0.4 is 4.72 Å². The smallest absolute Gasteiger partial charge is 0.263 e. The van der Waals surface area contributed by atoms with Crippen molar-refractivity contribution < 1.29 is 8.42 Å². The van der Waals surface area contributed by atoms with Gasteiger partial charge in [0.1, 0.15) is 0 Å².